The summed E-state index contributed by atoms with van der Waals surface area (Å²) in [6, 6.07) is 4.80. The summed E-state index contributed by atoms with van der Waals surface area (Å²) in [6.45, 7) is 2.87. The molecule has 6 heteroatoms. The molecule has 0 radical (unpaired) electrons. The van der Waals surface area contributed by atoms with E-state index >= 15 is 0 Å². The molecule has 1 aromatic carbocycles. The number of aromatic amines is 1. The van der Waals surface area contributed by atoms with E-state index in [1.807, 2.05) is 4.90 Å². The molecule has 0 aliphatic carbocycles. The molecule has 1 aromatic heterocycles. The van der Waals surface area contributed by atoms with Crippen molar-refractivity contribution in [1.29, 1.82) is 0 Å². The maximum absolute atomic E-state index is 12.1. The van der Waals surface area contributed by atoms with Crippen molar-refractivity contribution < 1.29 is 9.90 Å². The van der Waals surface area contributed by atoms with Crippen molar-refractivity contribution in [2.75, 3.05) is 11.4 Å². The third-order valence-corrected chi connectivity index (χ3v) is 3.75. The van der Waals surface area contributed by atoms with Gasteiger partial charge in [-0.25, -0.2) is 9.78 Å². The fourth-order valence-corrected chi connectivity index (χ4v) is 2.65. The number of aromatic carboxylic acids is 1. The number of anilines is 1. The number of nitrogens with one attached hydrogen (secondary N) is 1. The number of fused-ring (bicyclic) bond motifs is 1. The molecule has 104 valence electrons. The molecule has 0 spiro atoms. The van der Waals surface area contributed by atoms with Crippen molar-refractivity contribution in [3.05, 3.63) is 34.1 Å². The van der Waals surface area contributed by atoms with Crippen LogP contribution in [0.1, 0.15) is 30.1 Å². The van der Waals surface area contributed by atoms with E-state index in [0.717, 1.165) is 19.4 Å². The number of carbonyl (C=O) groups is 1. The fraction of sp³-hybridized carbons (Fsp3) is 0.357. The molecule has 0 amide bonds. The second-order valence-corrected chi connectivity index (χ2v) is 5.11. The van der Waals surface area contributed by atoms with Crippen LogP contribution < -0.4 is 10.5 Å². The standard InChI is InChI=1S/C14H15N3O3/c1-8-3-2-6-17(8)12-13(18)16-10-5-4-9(14(19)20)7-11(10)15-12/h4-5,7-8H,2-3,6H2,1H3,(H,16,18)(H,19,20). The van der Waals surface area contributed by atoms with Gasteiger partial charge >= 0.3 is 5.97 Å². The molecule has 1 aliphatic rings. The summed E-state index contributed by atoms with van der Waals surface area (Å²) in [5, 5.41) is 9.01. The van der Waals surface area contributed by atoms with E-state index in [9.17, 15) is 9.59 Å². The summed E-state index contributed by atoms with van der Waals surface area (Å²) in [5.41, 5.74) is 0.987. The molecule has 1 saturated heterocycles. The molecular formula is C14H15N3O3. The van der Waals surface area contributed by atoms with Gasteiger partial charge in [-0.3, -0.25) is 4.79 Å². The quantitative estimate of drug-likeness (QED) is 0.868. The van der Waals surface area contributed by atoms with Crippen LogP contribution in [0.25, 0.3) is 11.0 Å². The van der Waals surface area contributed by atoms with Crippen LogP contribution in [-0.2, 0) is 0 Å². The van der Waals surface area contributed by atoms with Crippen LogP contribution in [0.15, 0.2) is 23.0 Å². The first-order valence-electron chi connectivity index (χ1n) is 6.60. The van der Waals surface area contributed by atoms with Gasteiger partial charge in [0.05, 0.1) is 16.6 Å². The minimum Gasteiger partial charge on any atom is -0.478 e. The lowest BCUT2D eigenvalue weighted by molar-refractivity contribution is 0.0697. The van der Waals surface area contributed by atoms with Crippen LogP contribution in [0.2, 0.25) is 0 Å². The van der Waals surface area contributed by atoms with Gasteiger partial charge in [0, 0.05) is 12.6 Å². The highest BCUT2D eigenvalue weighted by Crippen LogP contribution is 2.22. The molecule has 2 N–H and O–H groups in total. The number of hydrogen-bond acceptors (Lipinski definition) is 4. The second-order valence-electron chi connectivity index (χ2n) is 5.11. The third-order valence-electron chi connectivity index (χ3n) is 3.75. The Kier molecular flexibility index (Phi) is 2.93. The Labute approximate surface area is 115 Å². The maximum atomic E-state index is 12.1. The van der Waals surface area contributed by atoms with Crippen molar-refractivity contribution in [1.82, 2.24) is 9.97 Å². The minimum absolute atomic E-state index is 0.164. The van der Waals surface area contributed by atoms with E-state index < -0.39 is 5.97 Å². The molecule has 0 bridgehead atoms. The van der Waals surface area contributed by atoms with Gasteiger partial charge in [0.15, 0.2) is 5.82 Å². The molecule has 1 atom stereocenters. The summed E-state index contributed by atoms with van der Waals surface area (Å²) >= 11 is 0. The predicted octanol–water partition coefficient (Wildman–Crippen LogP) is 1.61. The zero-order valence-electron chi connectivity index (χ0n) is 11.1. The molecule has 2 aromatic rings. The van der Waals surface area contributed by atoms with Crippen molar-refractivity contribution in [3.63, 3.8) is 0 Å². The van der Waals surface area contributed by atoms with E-state index in [1.54, 1.807) is 6.07 Å². The molecule has 1 fully saturated rings. The van der Waals surface area contributed by atoms with Gasteiger partial charge in [0.1, 0.15) is 0 Å². The van der Waals surface area contributed by atoms with Crippen molar-refractivity contribution in [2.24, 2.45) is 0 Å². The molecular weight excluding hydrogens is 258 g/mol. The highest BCUT2D eigenvalue weighted by molar-refractivity contribution is 5.92. The number of aromatic nitrogens is 2. The maximum Gasteiger partial charge on any atom is 0.335 e. The Morgan fingerprint density at radius 2 is 2.30 bits per heavy atom. The monoisotopic (exact) mass is 273 g/mol. The number of carboxylic acids is 1. The van der Waals surface area contributed by atoms with E-state index in [4.69, 9.17) is 5.11 Å². The first-order chi connectivity index (χ1) is 9.56. The summed E-state index contributed by atoms with van der Waals surface area (Å²) < 4.78 is 0. The Morgan fingerprint density at radius 1 is 1.50 bits per heavy atom. The summed E-state index contributed by atoms with van der Waals surface area (Å²) in [7, 11) is 0. The highest BCUT2D eigenvalue weighted by Gasteiger charge is 2.24. The van der Waals surface area contributed by atoms with Crippen LogP contribution in [-0.4, -0.2) is 33.6 Å². The molecule has 2 heterocycles. The first-order valence-corrected chi connectivity index (χ1v) is 6.60. The molecule has 1 unspecified atom stereocenters. The lowest BCUT2D eigenvalue weighted by Crippen LogP contribution is -2.32. The van der Waals surface area contributed by atoms with E-state index in [1.165, 1.54) is 12.1 Å². The lowest BCUT2D eigenvalue weighted by Gasteiger charge is -2.21. The molecule has 20 heavy (non-hydrogen) atoms. The number of carboxylic acid groups (broad SMARTS) is 1. The van der Waals surface area contributed by atoms with Gasteiger partial charge in [0.2, 0.25) is 0 Å². The van der Waals surface area contributed by atoms with Gasteiger partial charge in [-0.1, -0.05) is 0 Å². The number of benzene rings is 1. The summed E-state index contributed by atoms with van der Waals surface area (Å²) in [6.07, 6.45) is 2.07. The van der Waals surface area contributed by atoms with Gasteiger partial charge < -0.3 is 15.0 Å². The van der Waals surface area contributed by atoms with Crippen LogP contribution in [0.5, 0.6) is 0 Å². The molecule has 6 nitrogen and oxygen atoms in total. The minimum atomic E-state index is -1.00. The zero-order valence-corrected chi connectivity index (χ0v) is 11.1. The molecule has 3 rings (SSSR count). The topological polar surface area (TPSA) is 86.3 Å². The Balaban J connectivity index is 2.15. The zero-order chi connectivity index (χ0) is 14.3. The van der Waals surface area contributed by atoms with Crippen molar-refractivity contribution in [2.45, 2.75) is 25.8 Å². The van der Waals surface area contributed by atoms with Gasteiger partial charge in [-0.05, 0) is 38.0 Å². The predicted molar refractivity (Wildman–Crippen MR) is 75.4 cm³/mol. The average Bonchev–Trinajstić information content (AvgIpc) is 2.83. The summed E-state index contributed by atoms with van der Waals surface area (Å²) in [5.74, 6) is -0.624. The SMILES string of the molecule is CC1CCCN1c1nc2cc(C(=O)O)ccc2[nH]c1=O. The van der Waals surface area contributed by atoms with Crippen LogP contribution in [0.3, 0.4) is 0 Å². The van der Waals surface area contributed by atoms with E-state index in [0.29, 0.717) is 16.9 Å². The largest absolute Gasteiger partial charge is 0.478 e. The first kappa shape index (κ1) is 12.7. The number of hydrogen-bond donors (Lipinski definition) is 2. The van der Waals surface area contributed by atoms with E-state index in [-0.39, 0.29) is 17.2 Å². The van der Waals surface area contributed by atoms with Crippen molar-refractivity contribution >= 4 is 22.8 Å². The average molecular weight is 273 g/mol. The van der Waals surface area contributed by atoms with E-state index in [2.05, 4.69) is 16.9 Å². The Morgan fingerprint density at radius 3 is 2.95 bits per heavy atom. The van der Waals surface area contributed by atoms with Crippen LogP contribution >= 0.6 is 0 Å². The number of H-pyrrole nitrogens is 1. The number of rotatable bonds is 2. The van der Waals surface area contributed by atoms with Crippen molar-refractivity contribution in [3.8, 4) is 0 Å². The lowest BCUT2D eigenvalue weighted by atomic mass is 10.2. The third kappa shape index (κ3) is 2.03. The molecule has 1 aliphatic heterocycles. The highest BCUT2D eigenvalue weighted by atomic mass is 16.4. The van der Waals surface area contributed by atoms with Gasteiger partial charge in [0.25, 0.3) is 5.56 Å². The fourth-order valence-electron chi connectivity index (χ4n) is 2.65. The molecule has 0 saturated carbocycles. The van der Waals surface area contributed by atoms with Gasteiger partial charge in [-0.15, -0.1) is 0 Å². The Bertz CT molecular complexity index is 738. The van der Waals surface area contributed by atoms with Gasteiger partial charge in [-0.2, -0.15) is 0 Å². The number of nitrogens with zero attached hydrogens (tertiary/aromatic N) is 2. The van der Waals surface area contributed by atoms with Crippen LogP contribution in [0.4, 0.5) is 5.82 Å². The Hall–Kier alpha value is -2.37. The smallest absolute Gasteiger partial charge is 0.335 e. The van der Waals surface area contributed by atoms with Crippen LogP contribution in [0, 0.1) is 0 Å². The second kappa shape index (κ2) is 4.63. The summed E-state index contributed by atoms with van der Waals surface area (Å²) in [4.78, 5) is 32.2. The normalized spacial score (nSPS) is 18.6.